The molecular weight excluding hydrogens is 258 g/mol. The fraction of sp³-hybridized carbons (Fsp3) is 0.200. The van der Waals surface area contributed by atoms with E-state index in [2.05, 4.69) is 0 Å². The molecule has 0 unspecified atom stereocenters. The minimum Gasteiger partial charge on any atom is -0.480 e. The molecule has 0 aliphatic carbocycles. The van der Waals surface area contributed by atoms with Crippen LogP contribution in [0.25, 0.3) is 10.8 Å². The summed E-state index contributed by atoms with van der Waals surface area (Å²) >= 11 is 0. The van der Waals surface area contributed by atoms with Gasteiger partial charge in [-0.05, 0) is 22.4 Å². The Morgan fingerprint density at radius 2 is 1.50 bits per heavy atom. The van der Waals surface area contributed by atoms with E-state index in [1.165, 1.54) is 4.90 Å². The largest absolute Gasteiger partial charge is 0.480 e. The van der Waals surface area contributed by atoms with Gasteiger partial charge in [-0.3, -0.25) is 14.5 Å². The molecule has 0 saturated carbocycles. The summed E-state index contributed by atoms with van der Waals surface area (Å²) in [7, 11) is 0. The number of carbonyl (C=O) groups is 2. The van der Waals surface area contributed by atoms with Gasteiger partial charge >= 0.3 is 11.9 Å². The highest BCUT2D eigenvalue weighted by molar-refractivity contribution is 5.83. The molecule has 0 spiro atoms. The number of carboxylic acids is 2. The lowest BCUT2D eigenvalue weighted by Gasteiger charge is -2.18. The molecule has 0 atom stereocenters. The standard InChI is InChI=1S/C15H15NO4/c17-14(18)9-16(10-15(19)20)8-11-5-6-12-3-1-2-4-13(12)7-11/h1-7H,8-10H2,(H,17,18)(H,19,20). The number of carboxylic acid groups (broad SMARTS) is 2. The Morgan fingerprint density at radius 1 is 0.900 bits per heavy atom. The monoisotopic (exact) mass is 273 g/mol. The van der Waals surface area contributed by atoms with E-state index in [9.17, 15) is 9.59 Å². The van der Waals surface area contributed by atoms with E-state index >= 15 is 0 Å². The van der Waals surface area contributed by atoms with Crippen LogP contribution in [0.1, 0.15) is 5.56 Å². The summed E-state index contributed by atoms with van der Waals surface area (Å²) in [5.41, 5.74) is 0.895. The van der Waals surface area contributed by atoms with Gasteiger partial charge in [0.05, 0.1) is 13.1 Å². The zero-order chi connectivity index (χ0) is 14.5. The fourth-order valence-electron chi connectivity index (χ4n) is 2.15. The number of benzene rings is 2. The van der Waals surface area contributed by atoms with Gasteiger partial charge in [0.2, 0.25) is 0 Å². The molecule has 2 rings (SSSR count). The number of rotatable bonds is 6. The molecule has 0 saturated heterocycles. The van der Waals surface area contributed by atoms with E-state index in [1.54, 1.807) is 0 Å². The highest BCUT2D eigenvalue weighted by Gasteiger charge is 2.13. The van der Waals surface area contributed by atoms with Crippen LogP contribution in [0, 0.1) is 0 Å². The highest BCUT2D eigenvalue weighted by atomic mass is 16.4. The van der Waals surface area contributed by atoms with Crippen molar-refractivity contribution in [2.24, 2.45) is 0 Å². The minimum atomic E-state index is -1.04. The van der Waals surface area contributed by atoms with Crippen molar-refractivity contribution in [3.63, 3.8) is 0 Å². The van der Waals surface area contributed by atoms with Crippen molar-refractivity contribution in [1.29, 1.82) is 0 Å². The molecule has 0 fully saturated rings. The quantitative estimate of drug-likeness (QED) is 0.839. The molecule has 2 N–H and O–H groups in total. The van der Waals surface area contributed by atoms with Crippen LogP contribution in [0.4, 0.5) is 0 Å². The van der Waals surface area contributed by atoms with E-state index in [0.29, 0.717) is 6.54 Å². The van der Waals surface area contributed by atoms with Gasteiger partial charge in [0.1, 0.15) is 0 Å². The zero-order valence-corrected chi connectivity index (χ0v) is 10.8. The minimum absolute atomic E-state index is 0.293. The first-order chi connectivity index (χ1) is 9.54. The van der Waals surface area contributed by atoms with Crippen LogP contribution >= 0.6 is 0 Å². The predicted octanol–water partition coefficient (Wildman–Crippen LogP) is 1.81. The Morgan fingerprint density at radius 3 is 2.10 bits per heavy atom. The molecule has 2 aromatic carbocycles. The Balaban J connectivity index is 2.18. The van der Waals surface area contributed by atoms with Crippen LogP contribution in [0.3, 0.4) is 0 Å². The van der Waals surface area contributed by atoms with Gasteiger partial charge in [-0.1, -0.05) is 36.4 Å². The maximum Gasteiger partial charge on any atom is 0.317 e. The van der Waals surface area contributed by atoms with Crippen molar-refractivity contribution in [2.45, 2.75) is 6.54 Å². The van der Waals surface area contributed by atoms with Crippen molar-refractivity contribution >= 4 is 22.7 Å². The van der Waals surface area contributed by atoms with Crippen molar-refractivity contribution in [3.8, 4) is 0 Å². The molecule has 5 nitrogen and oxygen atoms in total. The number of nitrogens with zero attached hydrogens (tertiary/aromatic N) is 1. The Hall–Kier alpha value is -2.40. The van der Waals surface area contributed by atoms with Crippen molar-refractivity contribution in [1.82, 2.24) is 4.90 Å². The third-order valence-corrected chi connectivity index (χ3v) is 2.94. The smallest absolute Gasteiger partial charge is 0.317 e. The first-order valence-electron chi connectivity index (χ1n) is 6.18. The van der Waals surface area contributed by atoms with Crippen LogP contribution in [0.15, 0.2) is 42.5 Å². The van der Waals surface area contributed by atoms with Gasteiger partial charge in [0, 0.05) is 6.54 Å². The van der Waals surface area contributed by atoms with Gasteiger partial charge in [0.15, 0.2) is 0 Å². The predicted molar refractivity (Wildman–Crippen MR) is 74.5 cm³/mol. The molecule has 0 aliphatic heterocycles. The van der Waals surface area contributed by atoms with E-state index in [0.717, 1.165) is 16.3 Å². The molecule has 0 radical (unpaired) electrons. The average Bonchev–Trinajstić information content (AvgIpc) is 2.37. The molecule has 0 aliphatic rings. The number of hydrogen-bond acceptors (Lipinski definition) is 3. The van der Waals surface area contributed by atoms with Gasteiger partial charge < -0.3 is 10.2 Å². The SMILES string of the molecule is O=C(O)CN(CC(=O)O)Cc1ccc2ccccc2c1. The summed E-state index contributed by atoms with van der Waals surface area (Å²) < 4.78 is 0. The molecule has 0 bridgehead atoms. The first kappa shape index (κ1) is 14.0. The normalized spacial score (nSPS) is 10.8. The Labute approximate surface area is 116 Å². The average molecular weight is 273 g/mol. The summed E-state index contributed by atoms with van der Waals surface area (Å²) in [5.74, 6) is -2.07. The molecule has 0 aromatic heterocycles. The van der Waals surface area contributed by atoms with E-state index in [1.807, 2.05) is 42.5 Å². The maximum atomic E-state index is 10.8. The molecule has 0 heterocycles. The lowest BCUT2D eigenvalue weighted by Crippen LogP contribution is -2.33. The second-order valence-corrected chi connectivity index (χ2v) is 4.61. The molecule has 20 heavy (non-hydrogen) atoms. The fourth-order valence-corrected chi connectivity index (χ4v) is 2.15. The summed E-state index contributed by atoms with van der Waals surface area (Å²) in [6, 6.07) is 13.6. The van der Waals surface area contributed by atoms with E-state index in [-0.39, 0.29) is 13.1 Å². The highest BCUT2D eigenvalue weighted by Crippen LogP contribution is 2.16. The number of fused-ring (bicyclic) bond motifs is 1. The Kier molecular flexibility index (Phi) is 4.32. The summed E-state index contributed by atoms with van der Waals surface area (Å²) in [4.78, 5) is 22.9. The van der Waals surface area contributed by atoms with Crippen LogP contribution in [-0.2, 0) is 16.1 Å². The molecule has 104 valence electrons. The second kappa shape index (κ2) is 6.16. The number of aliphatic carboxylic acids is 2. The lowest BCUT2D eigenvalue weighted by atomic mass is 10.1. The second-order valence-electron chi connectivity index (χ2n) is 4.61. The molecule has 0 amide bonds. The summed E-state index contributed by atoms with van der Waals surface area (Å²) in [6.07, 6.45) is 0. The van der Waals surface area contributed by atoms with Gasteiger partial charge in [-0.15, -0.1) is 0 Å². The van der Waals surface area contributed by atoms with Crippen molar-refractivity contribution in [2.75, 3.05) is 13.1 Å². The van der Waals surface area contributed by atoms with Crippen LogP contribution in [-0.4, -0.2) is 40.1 Å². The van der Waals surface area contributed by atoms with Gasteiger partial charge in [-0.25, -0.2) is 0 Å². The third-order valence-electron chi connectivity index (χ3n) is 2.94. The first-order valence-corrected chi connectivity index (χ1v) is 6.18. The molecule has 2 aromatic rings. The summed E-state index contributed by atoms with van der Waals surface area (Å²) in [6.45, 7) is -0.290. The van der Waals surface area contributed by atoms with Crippen molar-refractivity contribution < 1.29 is 19.8 Å². The topological polar surface area (TPSA) is 77.8 Å². The van der Waals surface area contributed by atoms with Crippen molar-refractivity contribution in [3.05, 3.63) is 48.0 Å². The van der Waals surface area contributed by atoms with E-state index in [4.69, 9.17) is 10.2 Å². The molecular formula is C15H15NO4. The van der Waals surface area contributed by atoms with Crippen LogP contribution < -0.4 is 0 Å². The number of hydrogen-bond donors (Lipinski definition) is 2. The lowest BCUT2D eigenvalue weighted by molar-refractivity contribution is -0.142. The van der Waals surface area contributed by atoms with Gasteiger partial charge in [0.25, 0.3) is 0 Å². The molecule has 5 heteroatoms. The third kappa shape index (κ3) is 3.80. The van der Waals surface area contributed by atoms with Gasteiger partial charge in [-0.2, -0.15) is 0 Å². The van der Waals surface area contributed by atoms with Crippen LogP contribution in [0.5, 0.6) is 0 Å². The maximum absolute atomic E-state index is 10.8. The Bertz CT molecular complexity index is 623. The summed E-state index contributed by atoms with van der Waals surface area (Å²) in [5, 5.41) is 19.8. The zero-order valence-electron chi connectivity index (χ0n) is 10.8. The van der Waals surface area contributed by atoms with E-state index < -0.39 is 11.9 Å². The van der Waals surface area contributed by atoms with Crippen LogP contribution in [0.2, 0.25) is 0 Å².